The van der Waals surface area contributed by atoms with Gasteiger partial charge in [-0.15, -0.1) is 0 Å². The molecule has 3 nitrogen and oxygen atoms in total. The molecule has 11 rings (SSSR count). The zero-order valence-corrected chi connectivity index (χ0v) is 29.5. The summed E-state index contributed by atoms with van der Waals surface area (Å²) >= 11 is 0. The number of hydrogen-bond acceptors (Lipinski definition) is 3. The number of para-hydroxylation sites is 3. The molecule has 0 saturated heterocycles. The molecule has 0 atom stereocenters. The van der Waals surface area contributed by atoms with Gasteiger partial charge in [0.15, 0.2) is 0 Å². The number of furan rings is 2. The van der Waals surface area contributed by atoms with Crippen molar-refractivity contribution < 1.29 is 14.3 Å². The third-order valence-electron chi connectivity index (χ3n) is 10.6. The highest BCUT2D eigenvalue weighted by molar-refractivity contribution is 6.13. The molecule has 0 spiro atoms. The second-order valence-corrected chi connectivity index (χ2v) is 13.7. The van der Waals surface area contributed by atoms with Crippen LogP contribution in [0, 0.1) is 0 Å². The van der Waals surface area contributed by atoms with E-state index in [0.717, 1.165) is 76.9 Å². The van der Waals surface area contributed by atoms with E-state index in [2.05, 4.69) is 24.3 Å². The van der Waals surface area contributed by atoms with Gasteiger partial charge in [0.1, 0.15) is 22.3 Å². The van der Waals surface area contributed by atoms with Gasteiger partial charge in [0.25, 0.3) is 0 Å². The lowest BCUT2D eigenvalue weighted by molar-refractivity contribution is 0.669. The summed E-state index contributed by atoms with van der Waals surface area (Å²) in [5.74, 6) is 0. The van der Waals surface area contributed by atoms with Crippen LogP contribution >= 0.6 is 0 Å². The molecule has 0 unspecified atom stereocenters. The summed E-state index contributed by atoms with van der Waals surface area (Å²) < 4.78 is 50.8. The van der Waals surface area contributed by atoms with E-state index in [4.69, 9.17) is 8.83 Å². The van der Waals surface area contributed by atoms with Gasteiger partial charge in [0.05, 0.1) is 5.48 Å². The van der Waals surface area contributed by atoms with Crippen LogP contribution in [0.25, 0.3) is 88.0 Å². The molecule has 0 bridgehead atoms. The Hall–Kier alpha value is -7.36. The summed E-state index contributed by atoms with van der Waals surface area (Å²) in [6.45, 7) is 0. The second-order valence-electron chi connectivity index (χ2n) is 13.7. The van der Waals surface area contributed by atoms with E-state index in [0.29, 0.717) is 16.9 Å². The van der Waals surface area contributed by atoms with Gasteiger partial charge < -0.3 is 13.7 Å². The smallest absolute Gasteiger partial charge is 0.143 e. The Morgan fingerprint density at radius 1 is 0.364 bits per heavy atom. The SMILES string of the molecule is [2H]c1c([2H])c(N(c2ccc(-c3cccc4oc5ccccc5c34)cc2)c2cccc(-c3cccc4c3oc3ccccc34)c2)c([2H])c([2H])c1-c1cccc2ccccc12. The quantitative estimate of drug-likeness (QED) is 0.172. The molecule has 2 aromatic heterocycles. The summed E-state index contributed by atoms with van der Waals surface area (Å²) in [4.78, 5) is 1.84. The fraction of sp³-hybridized carbons (Fsp3) is 0. The zero-order chi connectivity index (χ0) is 39.8. The van der Waals surface area contributed by atoms with Crippen LogP contribution in [0.1, 0.15) is 5.48 Å². The van der Waals surface area contributed by atoms with Crippen LogP contribution in [0.4, 0.5) is 17.1 Å². The standard InChI is InChI=1S/C52H33NO2/c1-2-15-41-34(11-1)12-8-18-42(41)35-25-29-38(30-26-35)53(39-31-27-36(28-32-39)43-19-10-24-50-51(43)47-17-4-6-23-49(47)54-50)40-14-7-13-37(33-40)44-20-9-21-46-45-16-3-5-22-48(45)55-52(44)46/h1-33H/i25D,26D,29D,30D. The molecule has 0 amide bonds. The van der Waals surface area contributed by atoms with Crippen molar-refractivity contribution in [3.8, 4) is 33.4 Å². The fourth-order valence-electron chi connectivity index (χ4n) is 8.00. The Kier molecular flexibility index (Phi) is 6.27. The maximum atomic E-state index is 9.62. The van der Waals surface area contributed by atoms with Crippen LogP contribution in [0.15, 0.2) is 209 Å². The van der Waals surface area contributed by atoms with Crippen LogP contribution in [0.5, 0.6) is 0 Å². The predicted molar refractivity (Wildman–Crippen MR) is 229 cm³/mol. The highest BCUT2D eigenvalue weighted by Crippen LogP contribution is 2.42. The Labute approximate surface area is 323 Å². The van der Waals surface area contributed by atoms with Crippen molar-refractivity contribution in [3.05, 3.63) is 200 Å². The summed E-state index contributed by atoms with van der Waals surface area (Å²) in [5, 5.41) is 5.95. The van der Waals surface area contributed by atoms with E-state index in [9.17, 15) is 5.48 Å². The first-order valence-corrected chi connectivity index (χ1v) is 18.3. The van der Waals surface area contributed by atoms with E-state index >= 15 is 0 Å². The van der Waals surface area contributed by atoms with E-state index in [1.165, 1.54) is 0 Å². The molecule has 0 aliphatic rings. The second kappa shape index (κ2) is 12.6. The number of anilines is 3. The average Bonchev–Trinajstić information content (AvgIpc) is 3.86. The fourth-order valence-corrected chi connectivity index (χ4v) is 8.00. The van der Waals surface area contributed by atoms with Crippen molar-refractivity contribution in [3.63, 3.8) is 0 Å². The molecular formula is C52H33NO2. The highest BCUT2D eigenvalue weighted by Gasteiger charge is 2.18. The van der Waals surface area contributed by atoms with Crippen molar-refractivity contribution >= 4 is 71.7 Å². The minimum absolute atomic E-state index is 0.110. The van der Waals surface area contributed by atoms with Crippen molar-refractivity contribution in [1.82, 2.24) is 0 Å². The van der Waals surface area contributed by atoms with Gasteiger partial charge in [-0.2, -0.15) is 0 Å². The van der Waals surface area contributed by atoms with E-state index < -0.39 is 0 Å². The van der Waals surface area contributed by atoms with Gasteiger partial charge in [-0.25, -0.2) is 0 Å². The molecule has 0 N–H and O–H groups in total. The maximum Gasteiger partial charge on any atom is 0.143 e. The topological polar surface area (TPSA) is 29.5 Å². The van der Waals surface area contributed by atoms with Crippen molar-refractivity contribution in [1.29, 1.82) is 0 Å². The largest absolute Gasteiger partial charge is 0.456 e. The van der Waals surface area contributed by atoms with Gasteiger partial charge in [-0.1, -0.05) is 146 Å². The third kappa shape index (κ3) is 5.20. The van der Waals surface area contributed by atoms with Gasteiger partial charge in [0.2, 0.25) is 0 Å². The first-order chi connectivity index (χ1) is 28.9. The van der Waals surface area contributed by atoms with Crippen molar-refractivity contribution in [2.75, 3.05) is 4.90 Å². The van der Waals surface area contributed by atoms with Crippen LogP contribution in [-0.4, -0.2) is 0 Å². The number of hydrogen-bond donors (Lipinski definition) is 0. The summed E-state index contributed by atoms with van der Waals surface area (Å²) in [7, 11) is 0. The first-order valence-electron chi connectivity index (χ1n) is 20.3. The molecule has 2 heterocycles. The third-order valence-corrected chi connectivity index (χ3v) is 10.6. The predicted octanol–water partition coefficient (Wildman–Crippen LogP) is 15.1. The monoisotopic (exact) mass is 707 g/mol. The molecular weight excluding hydrogens is 671 g/mol. The number of nitrogens with zero attached hydrogens (tertiary/aromatic N) is 1. The summed E-state index contributed by atoms with van der Waals surface area (Å²) in [6, 6.07) is 57.3. The lowest BCUT2D eigenvalue weighted by atomic mass is 9.97. The molecule has 9 aromatic carbocycles. The number of benzene rings is 9. The minimum atomic E-state index is -0.141. The summed E-state index contributed by atoms with van der Waals surface area (Å²) in [6.07, 6.45) is 0. The molecule has 0 aliphatic heterocycles. The Morgan fingerprint density at radius 3 is 1.84 bits per heavy atom. The first kappa shape index (κ1) is 27.3. The molecule has 258 valence electrons. The van der Waals surface area contributed by atoms with Gasteiger partial charge in [-0.3, -0.25) is 0 Å². The maximum absolute atomic E-state index is 9.62. The minimum Gasteiger partial charge on any atom is -0.456 e. The Bertz CT molecular complexity index is 3420. The Morgan fingerprint density at radius 2 is 0.982 bits per heavy atom. The summed E-state index contributed by atoms with van der Waals surface area (Å²) in [5.41, 5.74) is 9.42. The van der Waals surface area contributed by atoms with Gasteiger partial charge >= 0.3 is 0 Å². The average molecular weight is 708 g/mol. The van der Waals surface area contributed by atoms with Gasteiger partial charge in [-0.05, 0) is 93.1 Å². The lowest BCUT2D eigenvalue weighted by Crippen LogP contribution is -2.10. The van der Waals surface area contributed by atoms with Crippen LogP contribution < -0.4 is 4.90 Å². The zero-order valence-electron chi connectivity index (χ0n) is 33.5. The molecule has 0 radical (unpaired) electrons. The normalized spacial score (nSPS) is 12.7. The van der Waals surface area contributed by atoms with Gasteiger partial charge in [0, 0.05) is 44.2 Å². The van der Waals surface area contributed by atoms with E-state index in [-0.39, 0.29) is 35.4 Å². The Balaban J connectivity index is 1.11. The molecule has 55 heavy (non-hydrogen) atoms. The highest BCUT2D eigenvalue weighted by atomic mass is 16.3. The molecule has 3 heteroatoms. The molecule has 0 saturated carbocycles. The van der Waals surface area contributed by atoms with Crippen LogP contribution in [-0.2, 0) is 0 Å². The van der Waals surface area contributed by atoms with Crippen molar-refractivity contribution in [2.45, 2.75) is 0 Å². The molecule has 0 fully saturated rings. The molecule has 0 aliphatic carbocycles. The number of fused-ring (bicyclic) bond motifs is 7. The van der Waals surface area contributed by atoms with E-state index in [1.807, 2.05) is 157 Å². The lowest BCUT2D eigenvalue weighted by Gasteiger charge is -2.26. The van der Waals surface area contributed by atoms with Crippen LogP contribution in [0.3, 0.4) is 0 Å². The van der Waals surface area contributed by atoms with Crippen molar-refractivity contribution in [2.24, 2.45) is 0 Å². The number of rotatable bonds is 6. The molecule has 11 aromatic rings. The van der Waals surface area contributed by atoms with E-state index in [1.54, 1.807) is 0 Å². The van der Waals surface area contributed by atoms with Crippen LogP contribution in [0.2, 0.25) is 0 Å².